The Labute approximate surface area is 108 Å². The highest BCUT2D eigenvalue weighted by atomic mass is 16.6. The molecule has 99 valence electrons. The van der Waals surface area contributed by atoms with Crippen LogP contribution in [-0.2, 0) is 4.79 Å². The molecule has 0 saturated carbocycles. The number of benzene rings is 1. The molecule has 0 fully saturated rings. The lowest BCUT2D eigenvalue weighted by atomic mass is 10.1. The summed E-state index contributed by atoms with van der Waals surface area (Å²) in [5.74, 6) is 0.426. The summed E-state index contributed by atoms with van der Waals surface area (Å²) >= 11 is 0. The van der Waals surface area contributed by atoms with Crippen molar-refractivity contribution < 1.29 is 19.4 Å². The monoisotopic (exact) mass is 251 g/mol. The second-order valence-electron chi connectivity index (χ2n) is 4.30. The first kappa shape index (κ1) is 14.5. The third kappa shape index (κ3) is 4.37. The van der Waals surface area contributed by atoms with E-state index >= 15 is 0 Å². The number of ether oxygens (including phenoxy) is 2. The van der Waals surface area contributed by atoms with Crippen molar-refractivity contribution in [2.45, 2.75) is 26.4 Å². The van der Waals surface area contributed by atoms with Gasteiger partial charge < -0.3 is 14.6 Å². The maximum atomic E-state index is 11.6. The van der Waals surface area contributed by atoms with Crippen molar-refractivity contribution in [1.29, 1.82) is 0 Å². The topological polar surface area (TPSA) is 55.8 Å². The number of methoxy groups -OCH3 is 1. The number of carbonyl (C=O) groups is 1. The first-order chi connectivity index (χ1) is 8.54. The van der Waals surface area contributed by atoms with E-state index in [4.69, 9.17) is 9.47 Å². The van der Waals surface area contributed by atoms with Crippen LogP contribution >= 0.6 is 0 Å². The number of esters is 1. The molecule has 1 unspecified atom stereocenters. The van der Waals surface area contributed by atoms with Crippen LogP contribution in [0, 0.1) is 12.3 Å². The van der Waals surface area contributed by atoms with Crippen LogP contribution in [0.4, 0.5) is 0 Å². The maximum Gasteiger partial charge on any atom is 0.340 e. The highest BCUT2D eigenvalue weighted by molar-refractivity contribution is 5.77. The minimum Gasteiger partial charge on any atom is -0.493 e. The molecule has 0 aliphatic carbocycles. The molecular formula is C14H19O4. The Balaban J connectivity index is 2.58. The van der Waals surface area contributed by atoms with Crippen molar-refractivity contribution >= 4 is 5.97 Å². The van der Waals surface area contributed by atoms with Crippen LogP contribution in [-0.4, -0.2) is 24.3 Å². The molecule has 4 heteroatoms. The second kappa shape index (κ2) is 7.01. The van der Waals surface area contributed by atoms with Gasteiger partial charge in [0.1, 0.15) is 0 Å². The van der Waals surface area contributed by atoms with Crippen molar-refractivity contribution in [2.24, 2.45) is 5.92 Å². The third-order valence-electron chi connectivity index (χ3n) is 2.38. The van der Waals surface area contributed by atoms with E-state index in [1.54, 1.807) is 24.3 Å². The lowest BCUT2D eigenvalue weighted by Crippen LogP contribution is -2.26. The second-order valence-corrected chi connectivity index (χ2v) is 4.30. The minimum absolute atomic E-state index is 0.283. The average molecular weight is 251 g/mol. The predicted molar refractivity (Wildman–Crippen MR) is 68.4 cm³/mol. The zero-order valence-corrected chi connectivity index (χ0v) is 10.9. The van der Waals surface area contributed by atoms with Gasteiger partial charge in [-0.05, 0) is 30.9 Å². The molecule has 0 bridgehead atoms. The Hall–Kier alpha value is -1.55. The molecule has 1 aromatic carbocycles. The number of aliphatic hydroxyl groups excluding tert-OH is 1. The van der Waals surface area contributed by atoms with Crippen LogP contribution in [0.15, 0.2) is 24.3 Å². The van der Waals surface area contributed by atoms with Crippen molar-refractivity contribution in [3.63, 3.8) is 0 Å². The lowest BCUT2D eigenvalue weighted by molar-refractivity contribution is -0.143. The standard InChI is InChI=1S/C14H19O4/c1-10(2)8-9-11(15)14(16)18-13-7-5-4-6-12(13)17-3/h4-8,10-11,15H,9H2,1-3H3. The molecule has 0 heterocycles. The number of hydrogen-bond donors (Lipinski definition) is 1. The zero-order valence-electron chi connectivity index (χ0n) is 10.9. The first-order valence-electron chi connectivity index (χ1n) is 5.90. The molecule has 1 N–H and O–H groups in total. The first-order valence-corrected chi connectivity index (χ1v) is 5.90. The van der Waals surface area contributed by atoms with Crippen LogP contribution in [0.1, 0.15) is 20.3 Å². The van der Waals surface area contributed by atoms with E-state index in [0.717, 1.165) is 0 Å². The Morgan fingerprint density at radius 2 is 1.94 bits per heavy atom. The van der Waals surface area contributed by atoms with Gasteiger partial charge in [-0.25, -0.2) is 4.79 Å². The Bertz CT molecular complexity index is 387. The predicted octanol–water partition coefficient (Wildman–Crippen LogP) is 2.21. The van der Waals surface area contributed by atoms with Crippen LogP contribution in [0.25, 0.3) is 0 Å². The number of hydrogen-bond acceptors (Lipinski definition) is 4. The summed E-state index contributed by atoms with van der Waals surface area (Å²) in [5.41, 5.74) is 0. The van der Waals surface area contributed by atoms with Gasteiger partial charge >= 0.3 is 5.97 Å². The van der Waals surface area contributed by atoms with Gasteiger partial charge in [0.25, 0.3) is 0 Å². The van der Waals surface area contributed by atoms with Gasteiger partial charge in [0.15, 0.2) is 17.6 Å². The molecule has 0 amide bonds. The normalized spacial score (nSPS) is 12.3. The lowest BCUT2D eigenvalue weighted by Gasteiger charge is -2.13. The fourth-order valence-corrected chi connectivity index (χ4v) is 1.38. The van der Waals surface area contributed by atoms with E-state index in [1.165, 1.54) is 7.11 Å². The molecule has 0 aliphatic rings. The molecule has 0 aromatic heterocycles. The fraction of sp³-hybridized carbons (Fsp3) is 0.429. The molecule has 4 nitrogen and oxygen atoms in total. The SMILES string of the molecule is COc1ccccc1OC(=O)C(O)C[CH]C(C)C. The summed E-state index contributed by atoms with van der Waals surface area (Å²) in [6.45, 7) is 3.97. The molecule has 1 radical (unpaired) electrons. The van der Waals surface area contributed by atoms with Gasteiger partial charge in [0.2, 0.25) is 0 Å². The minimum atomic E-state index is -1.14. The molecule has 1 atom stereocenters. The number of rotatable bonds is 6. The Kier molecular flexibility index (Phi) is 5.65. The number of para-hydroxylation sites is 2. The third-order valence-corrected chi connectivity index (χ3v) is 2.38. The summed E-state index contributed by atoms with van der Waals surface area (Å²) in [6, 6.07) is 6.82. The van der Waals surface area contributed by atoms with Crippen LogP contribution < -0.4 is 9.47 Å². The highest BCUT2D eigenvalue weighted by Gasteiger charge is 2.19. The maximum absolute atomic E-state index is 11.6. The fourth-order valence-electron chi connectivity index (χ4n) is 1.38. The van der Waals surface area contributed by atoms with Gasteiger partial charge in [0.05, 0.1) is 7.11 Å². The summed E-state index contributed by atoms with van der Waals surface area (Å²) in [4.78, 5) is 11.6. The highest BCUT2D eigenvalue weighted by Crippen LogP contribution is 2.26. The van der Waals surface area contributed by atoms with E-state index in [1.807, 2.05) is 20.3 Å². The molecule has 18 heavy (non-hydrogen) atoms. The largest absolute Gasteiger partial charge is 0.493 e. The van der Waals surface area contributed by atoms with Crippen molar-refractivity contribution in [1.82, 2.24) is 0 Å². The molecule has 0 aliphatic heterocycles. The van der Waals surface area contributed by atoms with Gasteiger partial charge in [0, 0.05) is 0 Å². The van der Waals surface area contributed by atoms with Crippen LogP contribution in [0.5, 0.6) is 11.5 Å². The quantitative estimate of drug-likeness (QED) is 0.622. The Morgan fingerprint density at radius 3 is 2.50 bits per heavy atom. The van der Waals surface area contributed by atoms with Crippen molar-refractivity contribution in [2.75, 3.05) is 7.11 Å². The van der Waals surface area contributed by atoms with Gasteiger partial charge in [-0.1, -0.05) is 26.0 Å². The van der Waals surface area contributed by atoms with Crippen LogP contribution in [0.2, 0.25) is 0 Å². The molecule has 0 spiro atoms. The summed E-state index contributed by atoms with van der Waals surface area (Å²) < 4.78 is 10.2. The van der Waals surface area contributed by atoms with Gasteiger partial charge in [-0.3, -0.25) is 0 Å². The van der Waals surface area contributed by atoms with E-state index in [-0.39, 0.29) is 6.42 Å². The zero-order chi connectivity index (χ0) is 13.5. The molecule has 0 saturated heterocycles. The summed E-state index contributed by atoms with van der Waals surface area (Å²) in [5, 5.41) is 9.64. The Morgan fingerprint density at radius 1 is 1.33 bits per heavy atom. The molecular weight excluding hydrogens is 232 g/mol. The van der Waals surface area contributed by atoms with Crippen molar-refractivity contribution in [3.8, 4) is 11.5 Å². The van der Waals surface area contributed by atoms with E-state index in [0.29, 0.717) is 17.4 Å². The summed E-state index contributed by atoms with van der Waals surface area (Å²) in [6.07, 6.45) is 1.01. The van der Waals surface area contributed by atoms with E-state index < -0.39 is 12.1 Å². The van der Waals surface area contributed by atoms with Gasteiger partial charge in [-0.2, -0.15) is 0 Å². The number of carbonyl (C=O) groups excluding carboxylic acids is 1. The summed E-state index contributed by atoms with van der Waals surface area (Å²) in [7, 11) is 1.50. The van der Waals surface area contributed by atoms with E-state index in [2.05, 4.69) is 0 Å². The molecule has 1 rings (SSSR count). The van der Waals surface area contributed by atoms with Gasteiger partial charge in [-0.15, -0.1) is 0 Å². The van der Waals surface area contributed by atoms with Crippen LogP contribution in [0.3, 0.4) is 0 Å². The number of aliphatic hydroxyl groups is 1. The molecule has 1 aromatic rings. The average Bonchev–Trinajstić information content (AvgIpc) is 2.36. The van der Waals surface area contributed by atoms with E-state index in [9.17, 15) is 9.90 Å². The smallest absolute Gasteiger partial charge is 0.340 e. The van der Waals surface area contributed by atoms with Crippen molar-refractivity contribution in [3.05, 3.63) is 30.7 Å².